The number of amides is 1. The molecule has 2 aliphatic carbocycles. The third-order valence-corrected chi connectivity index (χ3v) is 7.96. The molecule has 4 aliphatic rings. The summed E-state index contributed by atoms with van der Waals surface area (Å²) in [5.41, 5.74) is 5.56. The van der Waals surface area contributed by atoms with Gasteiger partial charge in [0.1, 0.15) is 0 Å². The van der Waals surface area contributed by atoms with E-state index < -0.39 is 6.04 Å². The number of aliphatic hydroxyl groups excluding tert-OH is 1. The molecule has 0 spiro atoms. The van der Waals surface area contributed by atoms with Gasteiger partial charge in [0.05, 0.1) is 12.1 Å². The van der Waals surface area contributed by atoms with Gasteiger partial charge < -0.3 is 15.0 Å². The van der Waals surface area contributed by atoms with E-state index in [1.165, 1.54) is 11.1 Å². The van der Waals surface area contributed by atoms with E-state index in [-0.39, 0.29) is 42.0 Å². The molecule has 0 bridgehead atoms. The second kappa shape index (κ2) is 7.71. The van der Waals surface area contributed by atoms with Gasteiger partial charge >= 0.3 is 0 Å². The highest BCUT2D eigenvalue weighted by Gasteiger charge is 2.50. The van der Waals surface area contributed by atoms with Crippen LogP contribution in [0.25, 0.3) is 5.57 Å². The molecule has 1 amide bonds. The number of hydrogen-bond donors (Lipinski definition) is 3. The number of pyridine rings is 1. The molecule has 4 atom stereocenters. The summed E-state index contributed by atoms with van der Waals surface area (Å²) in [6, 6.07) is 11.9. The first-order valence-electron chi connectivity index (χ1n) is 11.8. The molecule has 6 rings (SSSR count). The maximum absolute atomic E-state index is 13.2. The van der Waals surface area contributed by atoms with Gasteiger partial charge in [-0.2, -0.15) is 0 Å². The predicted octanol–water partition coefficient (Wildman–Crippen LogP) is 1.95. The fourth-order valence-corrected chi connectivity index (χ4v) is 6.37. The molecule has 166 valence electrons. The van der Waals surface area contributed by atoms with E-state index in [1.807, 2.05) is 28.8 Å². The van der Waals surface area contributed by atoms with Crippen LogP contribution >= 0.6 is 0 Å². The van der Waals surface area contributed by atoms with Crippen LogP contribution in [0, 0.1) is 11.8 Å². The molecule has 2 aromatic rings. The molecular weight excluding hydrogens is 402 g/mol. The molecule has 0 unspecified atom stereocenters. The Hall–Kier alpha value is -2.70. The Bertz CT molecular complexity index is 1140. The Morgan fingerprint density at radius 2 is 1.94 bits per heavy atom. The Labute approximate surface area is 187 Å². The van der Waals surface area contributed by atoms with Crippen LogP contribution in [0.2, 0.25) is 0 Å². The smallest absolute Gasteiger partial charge is 0.258 e. The lowest BCUT2D eigenvalue weighted by Gasteiger charge is -2.23. The van der Waals surface area contributed by atoms with Crippen molar-refractivity contribution < 1.29 is 9.90 Å². The summed E-state index contributed by atoms with van der Waals surface area (Å²) in [6.45, 7) is 0.481. The summed E-state index contributed by atoms with van der Waals surface area (Å²) in [5, 5.41) is 16.9. The summed E-state index contributed by atoms with van der Waals surface area (Å²) < 4.78 is 1.86. The van der Waals surface area contributed by atoms with E-state index in [9.17, 15) is 14.7 Å². The molecule has 1 saturated heterocycles. The summed E-state index contributed by atoms with van der Waals surface area (Å²) in [5.74, 6) is -0.216. The number of benzene rings is 1. The minimum Gasteiger partial charge on any atom is -0.396 e. The van der Waals surface area contributed by atoms with Gasteiger partial charge in [-0.05, 0) is 60.9 Å². The Balaban J connectivity index is 1.21. The van der Waals surface area contributed by atoms with Crippen molar-refractivity contribution in [2.24, 2.45) is 11.8 Å². The van der Waals surface area contributed by atoms with Crippen LogP contribution in [-0.2, 0) is 24.2 Å². The van der Waals surface area contributed by atoms with E-state index in [1.54, 1.807) is 0 Å². The van der Waals surface area contributed by atoms with Gasteiger partial charge in [-0.1, -0.05) is 30.3 Å². The molecule has 3 heterocycles. The van der Waals surface area contributed by atoms with E-state index in [0.717, 1.165) is 48.9 Å². The lowest BCUT2D eigenvalue weighted by atomic mass is 9.88. The number of rotatable bonds is 4. The maximum Gasteiger partial charge on any atom is 0.258 e. The minimum atomic E-state index is -0.445. The first-order valence-corrected chi connectivity index (χ1v) is 11.8. The Kier molecular flexibility index (Phi) is 4.81. The average Bonchev–Trinajstić information content (AvgIpc) is 3.56. The Morgan fingerprint density at radius 3 is 2.62 bits per heavy atom. The average molecular weight is 432 g/mol. The second-order valence-corrected chi connectivity index (χ2v) is 9.72. The van der Waals surface area contributed by atoms with E-state index in [2.05, 4.69) is 28.8 Å². The van der Waals surface area contributed by atoms with Gasteiger partial charge in [0.15, 0.2) is 0 Å². The van der Waals surface area contributed by atoms with Gasteiger partial charge in [-0.25, -0.2) is 0 Å². The number of aliphatic hydroxyl groups is 1. The zero-order valence-electron chi connectivity index (χ0n) is 18.1. The van der Waals surface area contributed by atoms with Crippen molar-refractivity contribution in [1.29, 1.82) is 0 Å². The fourth-order valence-electron chi connectivity index (χ4n) is 6.37. The van der Waals surface area contributed by atoms with Gasteiger partial charge in [0.2, 0.25) is 5.91 Å². The lowest BCUT2D eigenvalue weighted by molar-refractivity contribution is -0.125. The number of nitrogens with one attached hydrogen (secondary N) is 2. The fraction of sp³-hybridized carbons (Fsp3) is 0.462. The maximum atomic E-state index is 13.2. The lowest BCUT2D eigenvalue weighted by Crippen LogP contribution is -2.49. The molecule has 1 aromatic carbocycles. The van der Waals surface area contributed by atoms with Crippen LogP contribution < -0.4 is 16.2 Å². The quantitative estimate of drug-likeness (QED) is 0.691. The number of aromatic nitrogens is 1. The van der Waals surface area contributed by atoms with E-state index >= 15 is 0 Å². The van der Waals surface area contributed by atoms with E-state index in [0.29, 0.717) is 6.54 Å². The number of carbonyl (C=O) groups is 1. The van der Waals surface area contributed by atoms with Crippen LogP contribution in [0.3, 0.4) is 0 Å². The SMILES string of the molecule is O=C(NC1Cc2ccccc2C1)[C@H]1N[C@H]2c3ccc(C4=CCCC4)c(=O)n3C[C@H]2[C@@H]1CO. The molecule has 1 aromatic heterocycles. The minimum absolute atomic E-state index is 0.0389. The van der Waals surface area contributed by atoms with Crippen molar-refractivity contribution in [1.82, 2.24) is 15.2 Å². The van der Waals surface area contributed by atoms with Gasteiger partial charge in [-0.15, -0.1) is 0 Å². The molecule has 6 heteroatoms. The van der Waals surface area contributed by atoms with Crippen molar-refractivity contribution in [3.63, 3.8) is 0 Å². The first-order chi connectivity index (χ1) is 15.6. The van der Waals surface area contributed by atoms with E-state index in [4.69, 9.17) is 0 Å². The molecule has 32 heavy (non-hydrogen) atoms. The second-order valence-electron chi connectivity index (χ2n) is 9.72. The molecule has 6 nitrogen and oxygen atoms in total. The monoisotopic (exact) mass is 431 g/mol. The van der Waals surface area contributed by atoms with Gasteiger partial charge in [0.25, 0.3) is 5.56 Å². The molecular formula is C26H29N3O3. The highest BCUT2D eigenvalue weighted by Crippen LogP contribution is 2.43. The zero-order valence-corrected chi connectivity index (χ0v) is 18.1. The number of allylic oxidation sites excluding steroid dienone is 2. The number of hydrogen-bond acceptors (Lipinski definition) is 4. The number of fused-ring (bicyclic) bond motifs is 4. The van der Waals surface area contributed by atoms with Crippen molar-refractivity contribution in [3.05, 3.63) is 75.2 Å². The third kappa shape index (κ3) is 3.08. The van der Waals surface area contributed by atoms with Gasteiger partial charge in [-0.3, -0.25) is 14.9 Å². The summed E-state index contributed by atoms with van der Waals surface area (Å²) in [7, 11) is 0. The standard InChI is InChI=1S/C26H29N3O3/c30-14-21-20-13-29-22(10-9-19(26(29)32)15-5-1-2-6-15)23(20)28-24(21)25(31)27-18-11-16-7-3-4-8-17(16)12-18/h3-5,7-10,18,20-21,23-24,28,30H,1-2,6,11-14H2,(H,27,31)/t20-,21-,23+,24-/m0/s1. The Morgan fingerprint density at radius 1 is 1.16 bits per heavy atom. The topological polar surface area (TPSA) is 83.4 Å². The number of carbonyl (C=O) groups excluding carboxylic acids is 1. The van der Waals surface area contributed by atoms with Crippen LogP contribution in [0.4, 0.5) is 0 Å². The predicted molar refractivity (Wildman–Crippen MR) is 122 cm³/mol. The third-order valence-electron chi connectivity index (χ3n) is 7.96. The molecule has 2 aliphatic heterocycles. The van der Waals surface area contributed by atoms with Crippen molar-refractivity contribution in [2.45, 2.75) is 56.8 Å². The van der Waals surface area contributed by atoms with Crippen molar-refractivity contribution >= 4 is 11.5 Å². The molecule has 0 saturated carbocycles. The zero-order chi connectivity index (χ0) is 21.8. The summed E-state index contributed by atoms with van der Waals surface area (Å²) in [6.07, 6.45) is 6.99. The van der Waals surface area contributed by atoms with Crippen molar-refractivity contribution in [3.8, 4) is 0 Å². The van der Waals surface area contributed by atoms with Crippen LogP contribution in [0.1, 0.15) is 47.7 Å². The van der Waals surface area contributed by atoms with Crippen molar-refractivity contribution in [2.75, 3.05) is 6.61 Å². The number of nitrogens with zero attached hydrogens (tertiary/aromatic N) is 1. The molecule has 3 N–H and O–H groups in total. The summed E-state index contributed by atoms with van der Waals surface area (Å²) in [4.78, 5) is 26.4. The highest BCUT2D eigenvalue weighted by molar-refractivity contribution is 5.83. The van der Waals surface area contributed by atoms with Gasteiger partial charge in [0, 0.05) is 42.3 Å². The van der Waals surface area contributed by atoms with Crippen LogP contribution in [0.15, 0.2) is 47.3 Å². The molecule has 1 fully saturated rings. The largest absolute Gasteiger partial charge is 0.396 e. The molecule has 0 radical (unpaired) electrons. The highest BCUT2D eigenvalue weighted by atomic mass is 16.3. The van der Waals surface area contributed by atoms with Crippen LogP contribution in [-0.4, -0.2) is 34.3 Å². The summed E-state index contributed by atoms with van der Waals surface area (Å²) >= 11 is 0. The first kappa shape index (κ1) is 19.9. The normalized spacial score (nSPS) is 28.3. The van der Waals surface area contributed by atoms with Crippen LogP contribution in [0.5, 0.6) is 0 Å².